The lowest BCUT2D eigenvalue weighted by Gasteiger charge is -2.31. The van der Waals surface area contributed by atoms with Crippen LogP contribution in [0.2, 0.25) is 0 Å². The first kappa shape index (κ1) is 16.3. The van der Waals surface area contributed by atoms with Crippen molar-refractivity contribution in [3.63, 3.8) is 0 Å². The monoisotopic (exact) mass is 404 g/mol. The molecule has 0 radical (unpaired) electrons. The molecule has 1 fully saturated rings. The number of hydrogen-bond acceptors (Lipinski definition) is 3. The van der Waals surface area contributed by atoms with Crippen LogP contribution in [0.15, 0.2) is 21.1 Å². The normalized spacial score (nSPS) is 17.4. The van der Waals surface area contributed by atoms with E-state index in [9.17, 15) is 0 Å². The van der Waals surface area contributed by atoms with Gasteiger partial charge in [-0.25, -0.2) is 0 Å². The molecule has 0 saturated carbocycles. The van der Waals surface area contributed by atoms with Crippen LogP contribution in [0.25, 0.3) is 0 Å². The zero-order valence-electron chi connectivity index (χ0n) is 12.1. The molecule has 1 saturated heterocycles. The minimum atomic E-state index is 0.611. The van der Waals surface area contributed by atoms with Gasteiger partial charge in [0, 0.05) is 22.6 Å². The molecular weight excluding hydrogens is 384 g/mol. The Hall–Kier alpha value is -0.100. The third-order valence-corrected chi connectivity index (χ3v) is 4.95. The Morgan fingerprint density at radius 3 is 2.60 bits per heavy atom. The molecule has 112 valence electrons. The summed E-state index contributed by atoms with van der Waals surface area (Å²) >= 11 is 7.09. The van der Waals surface area contributed by atoms with Crippen LogP contribution in [0.1, 0.15) is 25.3 Å². The molecule has 0 unspecified atom stereocenters. The highest BCUT2D eigenvalue weighted by Gasteiger charge is 2.18. The van der Waals surface area contributed by atoms with Crippen molar-refractivity contribution >= 4 is 31.9 Å². The Bertz CT molecular complexity index is 446. The van der Waals surface area contributed by atoms with Crippen LogP contribution < -0.4 is 10.1 Å². The molecule has 1 aliphatic rings. The minimum absolute atomic E-state index is 0.611. The molecule has 1 aromatic carbocycles. The molecule has 1 aromatic rings. The van der Waals surface area contributed by atoms with Crippen LogP contribution in [0, 0.1) is 0 Å². The Morgan fingerprint density at radius 1 is 1.30 bits per heavy atom. The van der Waals surface area contributed by atoms with Gasteiger partial charge >= 0.3 is 0 Å². The van der Waals surface area contributed by atoms with Crippen LogP contribution in [0.3, 0.4) is 0 Å². The first-order valence-electron chi connectivity index (χ1n) is 7.11. The second-order valence-corrected chi connectivity index (χ2v) is 6.94. The third kappa shape index (κ3) is 4.20. The van der Waals surface area contributed by atoms with Crippen LogP contribution >= 0.6 is 31.9 Å². The first-order valence-corrected chi connectivity index (χ1v) is 8.70. The maximum Gasteiger partial charge on any atom is 0.137 e. The van der Waals surface area contributed by atoms with Gasteiger partial charge in [0.2, 0.25) is 0 Å². The highest BCUT2D eigenvalue weighted by atomic mass is 79.9. The fourth-order valence-corrected chi connectivity index (χ4v) is 4.16. The van der Waals surface area contributed by atoms with Crippen molar-refractivity contribution in [1.82, 2.24) is 10.2 Å². The van der Waals surface area contributed by atoms with E-state index < -0.39 is 0 Å². The molecule has 0 aliphatic carbocycles. The van der Waals surface area contributed by atoms with Crippen molar-refractivity contribution < 1.29 is 4.74 Å². The van der Waals surface area contributed by atoms with E-state index >= 15 is 0 Å². The number of ether oxygens (including phenoxy) is 1. The van der Waals surface area contributed by atoms with E-state index in [-0.39, 0.29) is 0 Å². The van der Waals surface area contributed by atoms with Gasteiger partial charge in [0.1, 0.15) is 5.75 Å². The molecular formula is C15H22Br2N2O. The number of halogens is 2. The van der Waals surface area contributed by atoms with Gasteiger partial charge in [-0.3, -0.25) is 0 Å². The minimum Gasteiger partial charge on any atom is -0.495 e. The molecule has 0 amide bonds. The Kier molecular flexibility index (Phi) is 6.33. The largest absolute Gasteiger partial charge is 0.495 e. The van der Waals surface area contributed by atoms with Crippen molar-refractivity contribution in [2.45, 2.75) is 32.4 Å². The van der Waals surface area contributed by atoms with Crippen LogP contribution in [-0.4, -0.2) is 37.7 Å². The summed E-state index contributed by atoms with van der Waals surface area (Å²) in [5, 5.41) is 3.66. The number of benzene rings is 1. The topological polar surface area (TPSA) is 24.5 Å². The SMILES string of the molecule is CCN1CCC(NCc2cc(Br)cc(Br)c2OC)CC1. The Morgan fingerprint density at radius 2 is 2.00 bits per heavy atom. The van der Waals surface area contributed by atoms with Crippen LogP contribution in [-0.2, 0) is 6.54 Å². The summed E-state index contributed by atoms with van der Waals surface area (Å²) in [6.45, 7) is 6.65. The van der Waals surface area contributed by atoms with E-state index in [0.29, 0.717) is 6.04 Å². The predicted octanol–water partition coefficient (Wildman–Crippen LogP) is 3.79. The molecule has 5 heteroatoms. The highest BCUT2D eigenvalue weighted by molar-refractivity contribution is 9.11. The van der Waals surface area contributed by atoms with Gasteiger partial charge in [0.05, 0.1) is 11.6 Å². The average Bonchev–Trinajstić information content (AvgIpc) is 2.45. The Balaban J connectivity index is 1.94. The molecule has 20 heavy (non-hydrogen) atoms. The quantitative estimate of drug-likeness (QED) is 0.806. The van der Waals surface area contributed by atoms with Gasteiger partial charge in [-0.15, -0.1) is 0 Å². The lowest BCUT2D eigenvalue weighted by atomic mass is 10.0. The van der Waals surface area contributed by atoms with Crippen molar-refractivity contribution in [2.75, 3.05) is 26.7 Å². The average molecular weight is 406 g/mol. The van der Waals surface area contributed by atoms with Gasteiger partial charge in [-0.2, -0.15) is 0 Å². The number of likely N-dealkylation sites (tertiary alicyclic amines) is 1. The zero-order valence-corrected chi connectivity index (χ0v) is 15.3. The summed E-state index contributed by atoms with van der Waals surface area (Å²) < 4.78 is 7.55. The standard InChI is InChI=1S/C15H22Br2N2O/c1-3-19-6-4-13(5-7-19)18-10-11-8-12(16)9-14(17)15(11)20-2/h8-9,13,18H,3-7,10H2,1-2H3. The van der Waals surface area contributed by atoms with E-state index in [1.54, 1.807) is 7.11 Å². The van der Waals surface area contributed by atoms with E-state index in [1.807, 2.05) is 6.07 Å². The van der Waals surface area contributed by atoms with Gasteiger partial charge in [-0.05, 0) is 60.5 Å². The van der Waals surface area contributed by atoms with Gasteiger partial charge in [0.25, 0.3) is 0 Å². The number of rotatable bonds is 5. The third-order valence-electron chi connectivity index (χ3n) is 3.91. The fraction of sp³-hybridized carbons (Fsp3) is 0.600. The zero-order chi connectivity index (χ0) is 14.5. The molecule has 1 aliphatic heterocycles. The first-order chi connectivity index (χ1) is 9.63. The number of piperidine rings is 1. The van der Waals surface area contributed by atoms with Gasteiger partial charge in [-0.1, -0.05) is 22.9 Å². The van der Waals surface area contributed by atoms with Gasteiger partial charge in [0.15, 0.2) is 0 Å². The summed E-state index contributed by atoms with van der Waals surface area (Å²) in [5.74, 6) is 0.923. The van der Waals surface area contributed by atoms with E-state index in [0.717, 1.165) is 21.2 Å². The smallest absolute Gasteiger partial charge is 0.137 e. The lowest BCUT2D eigenvalue weighted by Crippen LogP contribution is -2.42. The van der Waals surface area contributed by atoms with Crippen molar-refractivity contribution in [3.05, 3.63) is 26.6 Å². The summed E-state index contributed by atoms with van der Waals surface area (Å²) in [6.07, 6.45) is 2.46. The molecule has 0 atom stereocenters. The van der Waals surface area contributed by atoms with Crippen molar-refractivity contribution in [3.8, 4) is 5.75 Å². The second kappa shape index (κ2) is 7.78. The lowest BCUT2D eigenvalue weighted by molar-refractivity contribution is 0.205. The molecule has 2 rings (SSSR count). The molecule has 1 N–H and O–H groups in total. The van der Waals surface area contributed by atoms with Crippen LogP contribution in [0.5, 0.6) is 5.75 Å². The van der Waals surface area contributed by atoms with E-state index in [2.05, 4.69) is 55.1 Å². The van der Waals surface area contributed by atoms with Crippen molar-refractivity contribution in [1.29, 1.82) is 0 Å². The summed E-state index contributed by atoms with van der Waals surface area (Å²) in [5.41, 5.74) is 1.19. The number of methoxy groups -OCH3 is 1. The summed E-state index contributed by atoms with van der Waals surface area (Å²) in [4.78, 5) is 2.51. The predicted molar refractivity (Wildman–Crippen MR) is 90.4 cm³/mol. The molecule has 0 aromatic heterocycles. The molecule has 0 bridgehead atoms. The van der Waals surface area contributed by atoms with Gasteiger partial charge < -0.3 is 15.0 Å². The molecule has 0 spiro atoms. The Labute approximate surface area is 138 Å². The molecule has 1 heterocycles. The van der Waals surface area contributed by atoms with E-state index in [1.165, 1.54) is 38.0 Å². The van der Waals surface area contributed by atoms with Crippen molar-refractivity contribution in [2.24, 2.45) is 0 Å². The summed E-state index contributed by atoms with van der Waals surface area (Å²) in [6, 6.07) is 4.75. The summed E-state index contributed by atoms with van der Waals surface area (Å²) in [7, 11) is 1.72. The highest BCUT2D eigenvalue weighted by Crippen LogP contribution is 2.32. The fourth-order valence-electron chi connectivity index (χ4n) is 2.68. The van der Waals surface area contributed by atoms with E-state index in [4.69, 9.17) is 4.74 Å². The van der Waals surface area contributed by atoms with Crippen LogP contribution in [0.4, 0.5) is 0 Å². The maximum atomic E-state index is 5.49. The number of nitrogens with zero attached hydrogens (tertiary/aromatic N) is 1. The maximum absolute atomic E-state index is 5.49. The number of hydrogen-bond donors (Lipinski definition) is 1. The molecule has 3 nitrogen and oxygen atoms in total. The second-order valence-electron chi connectivity index (χ2n) is 5.17. The number of nitrogens with one attached hydrogen (secondary N) is 1.